The van der Waals surface area contributed by atoms with Gasteiger partial charge in [-0.3, -0.25) is 14.8 Å². The van der Waals surface area contributed by atoms with E-state index in [0.717, 1.165) is 16.7 Å². The van der Waals surface area contributed by atoms with Gasteiger partial charge in [0.1, 0.15) is 5.60 Å². The number of nitro benzene ring substituents is 1. The largest absolute Gasteiger partial charge is 0.444 e. The first-order valence-electron chi connectivity index (χ1n) is 8.44. The van der Waals surface area contributed by atoms with Crippen molar-refractivity contribution in [3.05, 3.63) is 40.1 Å². The highest BCUT2D eigenvalue weighted by atomic mass is 16.6. The maximum absolute atomic E-state index is 12.2. The number of carbonyl (C=O) groups excluding carboxylic acids is 1. The lowest BCUT2D eigenvalue weighted by atomic mass is 10.0. The molecule has 0 atom stereocenters. The fourth-order valence-corrected chi connectivity index (χ4v) is 2.97. The minimum Gasteiger partial charge on any atom is -0.444 e. The van der Waals surface area contributed by atoms with Crippen molar-refractivity contribution in [1.82, 2.24) is 14.7 Å². The number of amides is 1. The van der Waals surface area contributed by atoms with Gasteiger partial charge in [-0.15, -0.1) is 0 Å². The molecule has 26 heavy (non-hydrogen) atoms. The van der Waals surface area contributed by atoms with Crippen LogP contribution in [0.25, 0.3) is 16.5 Å². The Hall–Kier alpha value is -2.90. The van der Waals surface area contributed by atoms with Crippen molar-refractivity contribution in [2.45, 2.75) is 32.8 Å². The highest BCUT2D eigenvalue weighted by Crippen LogP contribution is 2.30. The van der Waals surface area contributed by atoms with Crippen LogP contribution >= 0.6 is 0 Å². The number of aromatic nitrogens is 2. The van der Waals surface area contributed by atoms with Crippen molar-refractivity contribution in [1.29, 1.82) is 0 Å². The molecule has 0 fully saturated rings. The highest BCUT2D eigenvalue weighted by molar-refractivity contribution is 5.92. The molecule has 2 heterocycles. The Bertz CT molecular complexity index is 908. The summed E-state index contributed by atoms with van der Waals surface area (Å²) in [6, 6.07) is 4.75. The van der Waals surface area contributed by atoms with Gasteiger partial charge in [-0.2, -0.15) is 5.10 Å². The number of fused-ring (bicyclic) bond motifs is 1. The maximum Gasteiger partial charge on any atom is 0.410 e. The number of hydrogen-bond donors (Lipinski definition) is 0. The molecule has 1 amide bonds. The maximum atomic E-state index is 12.2. The van der Waals surface area contributed by atoms with E-state index in [2.05, 4.69) is 5.10 Å². The molecule has 0 N–H and O–H groups in total. The molecule has 8 heteroatoms. The lowest BCUT2D eigenvalue weighted by Gasteiger charge is -2.29. The molecule has 0 saturated heterocycles. The van der Waals surface area contributed by atoms with E-state index in [4.69, 9.17) is 4.74 Å². The fourth-order valence-electron chi connectivity index (χ4n) is 2.97. The Morgan fingerprint density at radius 2 is 2.08 bits per heavy atom. The molecule has 2 aromatic rings. The van der Waals surface area contributed by atoms with E-state index in [1.54, 1.807) is 22.7 Å². The predicted molar refractivity (Wildman–Crippen MR) is 97.8 cm³/mol. The van der Waals surface area contributed by atoms with Crippen LogP contribution in [0.1, 0.15) is 32.9 Å². The van der Waals surface area contributed by atoms with Crippen molar-refractivity contribution in [3.63, 3.8) is 0 Å². The molecular formula is C18H22N4O4. The zero-order valence-corrected chi connectivity index (χ0v) is 15.4. The number of aryl methyl sites for hydroxylation is 1. The van der Waals surface area contributed by atoms with Crippen molar-refractivity contribution in [2.75, 3.05) is 13.1 Å². The van der Waals surface area contributed by atoms with Crippen LogP contribution in [0.15, 0.2) is 24.3 Å². The summed E-state index contributed by atoms with van der Waals surface area (Å²) in [6.07, 6.45) is 2.30. The van der Waals surface area contributed by atoms with Crippen molar-refractivity contribution < 1.29 is 14.5 Å². The number of non-ortho nitro benzene ring substituents is 1. The molecule has 8 nitrogen and oxygen atoms in total. The van der Waals surface area contributed by atoms with E-state index in [1.807, 2.05) is 26.8 Å². The molecule has 1 aromatic carbocycles. The summed E-state index contributed by atoms with van der Waals surface area (Å²) < 4.78 is 7.05. The van der Waals surface area contributed by atoms with Crippen LogP contribution in [0.2, 0.25) is 0 Å². The second-order valence-corrected chi connectivity index (χ2v) is 7.34. The normalized spacial score (nSPS) is 15.1. The van der Waals surface area contributed by atoms with Crippen LogP contribution in [0.4, 0.5) is 10.5 Å². The van der Waals surface area contributed by atoms with Gasteiger partial charge in [0.25, 0.3) is 5.69 Å². The summed E-state index contributed by atoms with van der Waals surface area (Å²) in [6.45, 7) is 6.53. The first-order chi connectivity index (χ1) is 12.2. The summed E-state index contributed by atoms with van der Waals surface area (Å²) in [4.78, 5) is 24.4. The SMILES string of the molecule is Cn1nc(C2=CCN(C(=O)OC(C)(C)C)CC2)c2ccc([N+](=O)[O-])cc21. The summed E-state index contributed by atoms with van der Waals surface area (Å²) in [7, 11) is 1.77. The predicted octanol–water partition coefficient (Wildman–Crippen LogP) is 3.51. The van der Waals surface area contributed by atoms with Crippen LogP contribution in [-0.4, -0.2) is 44.4 Å². The van der Waals surface area contributed by atoms with E-state index in [0.29, 0.717) is 25.0 Å². The Balaban J connectivity index is 1.85. The van der Waals surface area contributed by atoms with Gasteiger partial charge in [0.05, 0.1) is 16.1 Å². The average Bonchev–Trinajstić information content (AvgIpc) is 2.90. The van der Waals surface area contributed by atoms with Crippen LogP contribution in [-0.2, 0) is 11.8 Å². The van der Waals surface area contributed by atoms with Crippen molar-refractivity contribution in [2.24, 2.45) is 7.05 Å². The first kappa shape index (κ1) is 17.9. The number of benzene rings is 1. The summed E-state index contributed by atoms with van der Waals surface area (Å²) in [5, 5.41) is 16.4. The van der Waals surface area contributed by atoms with Crippen LogP contribution in [0.3, 0.4) is 0 Å². The Kier molecular flexibility index (Phi) is 4.43. The van der Waals surface area contributed by atoms with E-state index in [1.165, 1.54) is 12.1 Å². The van der Waals surface area contributed by atoms with Crippen LogP contribution in [0.5, 0.6) is 0 Å². The lowest BCUT2D eigenvalue weighted by Crippen LogP contribution is -2.39. The number of carbonyl (C=O) groups is 1. The average molecular weight is 358 g/mol. The molecule has 138 valence electrons. The summed E-state index contributed by atoms with van der Waals surface area (Å²) in [5.41, 5.74) is 2.07. The van der Waals surface area contributed by atoms with Gasteiger partial charge >= 0.3 is 6.09 Å². The number of hydrogen-bond acceptors (Lipinski definition) is 5. The molecule has 0 spiro atoms. The summed E-state index contributed by atoms with van der Waals surface area (Å²) >= 11 is 0. The van der Waals surface area contributed by atoms with Gasteiger partial charge in [-0.05, 0) is 38.8 Å². The lowest BCUT2D eigenvalue weighted by molar-refractivity contribution is -0.384. The second kappa shape index (κ2) is 6.44. The zero-order chi connectivity index (χ0) is 19.1. The molecule has 1 aliphatic rings. The van der Waals surface area contributed by atoms with Gasteiger partial charge < -0.3 is 9.64 Å². The third-order valence-electron chi connectivity index (χ3n) is 4.21. The van der Waals surface area contributed by atoms with Gasteiger partial charge in [-0.25, -0.2) is 4.79 Å². The molecule has 0 radical (unpaired) electrons. The molecular weight excluding hydrogens is 336 g/mol. The zero-order valence-electron chi connectivity index (χ0n) is 15.4. The van der Waals surface area contributed by atoms with E-state index in [-0.39, 0.29) is 11.8 Å². The molecule has 3 rings (SSSR count). The molecule has 0 unspecified atom stereocenters. The quantitative estimate of drug-likeness (QED) is 0.605. The Morgan fingerprint density at radius 3 is 2.65 bits per heavy atom. The Labute approximate surface area is 151 Å². The smallest absolute Gasteiger partial charge is 0.410 e. The van der Waals surface area contributed by atoms with E-state index in [9.17, 15) is 14.9 Å². The minimum atomic E-state index is -0.521. The number of rotatable bonds is 2. The third-order valence-corrected chi connectivity index (χ3v) is 4.21. The monoisotopic (exact) mass is 358 g/mol. The standard InChI is InChI=1S/C18H22N4O4/c1-18(2,3)26-17(23)21-9-7-12(8-10-21)16-14-6-5-13(22(24)25)11-15(14)20(4)19-16/h5-7,11H,8-10H2,1-4H3. The third kappa shape index (κ3) is 3.54. The molecule has 0 aliphatic carbocycles. The van der Waals surface area contributed by atoms with Crippen molar-refractivity contribution in [3.8, 4) is 0 Å². The van der Waals surface area contributed by atoms with Gasteiger partial charge in [0.2, 0.25) is 0 Å². The molecule has 0 bridgehead atoms. The van der Waals surface area contributed by atoms with E-state index >= 15 is 0 Å². The molecule has 1 aromatic heterocycles. The van der Waals surface area contributed by atoms with E-state index < -0.39 is 10.5 Å². The second-order valence-electron chi connectivity index (χ2n) is 7.34. The number of ether oxygens (including phenoxy) is 1. The number of nitro groups is 1. The topological polar surface area (TPSA) is 90.5 Å². The van der Waals surface area contributed by atoms with Crippen LogP contribution in [0, 0.1) is 10.1 Å². The first-order valence-corrected chi connectivity index (χ1v) is 8.44. The van der Waals surface area contributed by atoms with Gasteiger partial charge in [0, 0.05) is 37.7 Å². The minimum absolute atomic E-state index is 0.0424. The summed E-state index contributed by atoms with van der Waals surface area (Å²) in [5.74, 6) is 0. The molecule has 1 aliphatic heterocycles. The molecule has 0 saturated carbocycles. The highest BCUT2D eigenvalue weighted by Gasteiger charge is 2.25. The van der Waals surface area contributed by atoms with Gasteiger partial charge in [0.15, 0.2) is 0 Å². The fraction of sp³-hybridized carbons (Fsp3) is 0.444. The Morgan fingerprint density at radius 1 is 1.35 bits per heavy atom. The van der Waals surface area contributed by atoms with Gasteiger partial charge in [-0.1, -0.05) is 6.08 Å². The number of nitrogens with zero attached hydrogens (tertiary/aromatic N) is 4. The van der Waals surface area contributed by atoms with Crippen molar-refractivity contribution >= 4 is 28.3 Å². The van der Waals surface area contributed by atoms with Crippen LogP contribution < -0.4 is 0 Å².